The number of carbonyl (C=O) groups is 2. The number of nitrogens with zero attached hydrogens (tertiary/aromatic N) is 1. The predicted molar refractivity (Wildman–Crippen MR) is 81.8 cm³/mol. The van der Waals surface area contributed by atoms with Gasteiger partial charge in [0, 0.05) is 18.8 Å². The topological polar surface area (TPSA) is 50.6 Å². The zero-order chi connectivity index (χ0) is 14.8. The fourth-order valence-corrected chi connectivity index (χ4v) is 2.33. The summed E-state index contributed by atoms with van der Waals surface area (Å²) < 4.78 is 1.74. The highest BCUT2D eigenvalue weighted by atomic mass is 16.1. The number of hydrogen-bond acceptors (Lipinski definition) is 2. The molecule has 0 spiro atoms. The molecule has 104 valence electrons. The van der Waals surface area contributed by atoms with Crippen molar-refractivity contribution < 1.29 is 9.59 Å². The highest BCUT2D eigenvalue weighted by molar-refractivity contribution is 6.11. The van der Waals surface area contributed by atoms with E-state index >= 15 is 0 Å². The summed E-state index contributed by atoms with van der Waals surface area (Å²) in [5, 5.41) is 2.84. The van der Waals surface area contributed by atoms with E-state index in [1.54, 1.807) is 16.7 Å². The lowest BCUT2D eigenvalue weighted by Gasteiger charge is -2.04. The number of Topliss-reactive ketones (excluding diaryl/α,β-unsaturated/α-hetero) is 1. The third-order valence-corrected chi connectivity index (χ3v) is 3.31. The van der Waals surface area contributed by atoms with Crippen molar-refractivity contribution in [1.29, 1.82) is 0 Å². The Labute approximate surface area is 122 Å². The van der Waals surface area contributed by atoms with Crippen LogP contribution in [0.25, 0.3) is 5.52 Å². The smallest absolute Gasteiger partial charge is 0.257 e. The van der Waals surface area contributed by atoms with Gasteiger partial charge in [-0.15, -0.1) is 0 Å². The molecule has 2 aromatic heterocycles. The molecule has 0 fully saturated rings. The molecule has 0 aliphatic rings. The number of aromatic nitrogens is 1. The maximum absolute atomic E-state index is 12.4. The lowest BCUT2D eigenvalue weighted by Crippen LogP contribution is -2.11. The lowest BCUT2D eigenvalue weighted by molar-refractivity contribution is 0.101. The summed E-state index contributed by atoms with van der Waals surface area (Å²) in [6.45, 7) is 1.49. The summed E-state index contributed by atoms with van der Waals surface area (Å²) in [5.74, 6) is -0.299. The van der Waals surface area contributed by atoms with Crippen LogP contribution < -0.4 is 5.32 Å². The average Bonchev–Trinajstić information content (AvgIpc) is 2.88. The first-order valence-corrected chi connectivity index (χ1v) is 6.64. The van der Waals surface area contributed by atoms with Gasteiger partial charge in [0.1, 0.15) is 0 Å². The minimum absolute atomic E-state index is 0.0741. The molecular weight excluding hydrogens is 264 g/mol. The van der Waals surface area contributed by atoms with E-state index in [2.05, 4.69) is 5.32 Å². The van der Waals surface area contributed by atoms with Crippen LogP contribution >= 0.6 is 0 Å². The van der Waals surface area contributed by atoms with Crippen LogP contribution in [0.3, 0.4) is 0 Å². The maximum atomic E-state index is 12.4. The van der Waals surface area contributed by atoms with Gasteiger partial charge in [0.2, 0.25) is 0 Å². The molecule has 0 unspecified atom stereocenters. The van der Waals surface area contributed by atoms with Crippen molar-refractivity contribution >= 4 is 22.9 Å². The Bertz CT molecular complexity index is 819. The number of nitrogens with one attached hydrogen (secondary N) is 1. The van der Waals surface area contributed by atoms with E-state index in [0.717, 1.165) is 11.2 Å². The number of fused-ring (bicyclic) bond motifs is 1. The average molecular weight is 278 g/mol. The second-order valence-electron chi connectivity index (χ2n) is 4.78. The Morgan fingerprint density at radius 1 is 1.00 bits per heavy atom. The van der Waals surface area contributed by atoms with Crippen LogP contribution in [0.5, 0.6) is 0 Å². The van der Waals surface area contributed by atoms with Crippen molar-refractivity contribution in [2.45, 2.75) is 6.92 Å². The van der Waals surface area contributed by atoms with Gasteiger partial charge in [-0.2, -0.15) is 0 Å². The summed E-state index contributed by atoms with van der Waals surface area (Å²) in [7, 11) is 0. The number of anilines is 1. The van der Waals surface area contributed by atoms with Crippen LogP contribution in [0.2, 0.25) is 0 Å². The molecule has 21 heavy (non-hydrogen) atoms. The number of rotatable bonds is 3. The number of hydrogen-bond donors (Lipinski definition) is 1. The zero-order valence-corrected chi connectivity index (χ0v) is 11.5. The van der Waals surface area contributed by atoms with Gasteiger partial charge in [-0.3, -0.25) is 9.59 Å². The third-order valence-electron chi connectivity index (χ3n) is 3.31. The van der Waals surface area contributed by atoms with Crippen molar-refractivity contribution in [3.63, 3.8) is 0 Å². The molecule has 0 saturated carbocycles. The minimum Gasteiger partial charge on any atom is -0.322 e. The Morgan fingerprint density at radius 3 is 2.43 bits per heavy atom. The zero-order valence-electron chi connectivity index (χ0n) is 11.5. The number of benzene rings is 1. The Hall–Kier alpha value is -2.88. The van der Waals surface area contributed by atoms with Crippen LogP contribution in [0.15, 0.2) is 60.8 Å². The van der Waals surface area contributed by atoms with Crippen molar-refractivity contribution in [1.82, 2.24) is 4.40 Å². The van der Waals surface area contributed by atoms with Crippen molar-refractivity contribution in [3.8, 4) is 0 Å². The molecular formula is C17H14N2O2. The summed E-state index contributed by atoms with van der Waals surface area (Å²) in [6, 6.07) is 16.4. The fraction of sp³-hybridized carbons (Fsp3) is 0.0588. The quantitative estimate of drug-likeness (QED) is 0.746. The van der Waals surface area contributed by atoms with E-state index in [-0.39, 0.29) is 11.7 Å². The van der Waals surface area contributed by atoms with Crippen LogP contribution in [-0.2, 0) is 0 Å². The van der Waals surface area contributed by atoms with Gasteiger partial charge in [0.25, 0.3) is 5.91 Å². The molecule has 0 bridgehead atoms. The van der Waals surface area contributed by atoms with Gasteiger partial charge in [0.05, 0.1) is 16.8 Å². The molecule has 1 amide bonds. The maximum Gasteiger partial charge on any atom is 0.257 e. The number of pyridine rings is 1. The Kier molecular flexibility index (Phi) is 3.28. The fourth-order valence-electron chi connectivity index (χ4n) is 2.33. The summed E-state index contributed by atoms with van der Waals surface area (Å²) >= 11 is 0. The van der Waals surface area contributed by atoms with Gasteiger partial charge in [0.15, 0.2) is 5.78 Å². The molecule has 3 rings (SSSR count). The highest BCUT2D eigenvalue weighted by Gasteiger charge is 2.17. The number of amides is 1. The van der Waals surface area contributed by atoms with Gasteiger partial charge in [-0.25, -0.2) is 0 Å². The lowest BCUT2D eigenvalue weighted by atomic mass is 10.2. The van der Waals surface area contributed by atoms with E-state index < -0.39 is 0 Å². The normalized spacial score (nSPS) is 10.5. The summed E-state index contributed by atoms with van der Waals surface area (Å²) in [6.07, 6.45) is 1.78. The van der Waals surface area contributed by atoms with E-state index in [1.807, 2.05) is 48.5 Å². The van der Waals surface area contributed by atoms with E-state index in [9.17, 15) is 9.59 Å². The Balaban J connectivity index is 2.04. The number of ketones is 1. The van der Waals surface area contributed by atoms with Crippen LogP contribution in [-0.4, -0.2) is 16.1 Å². The molecule has 0 radical (unpaired) electrons. The summed E-state index contributed by atoms with van der Waals surface area (Å²) in [4.78, 5) is 24.1. The molecule has 0 saturated heterocycles. The highest BCUT2D eigenvalue weighted by Crippen LogP contribution is 2.19. The largest absolute Gasteiger partial charge is 0.322 e. The third kappa shape index (κ3) is 2.43. The number of para-hydroxylation sites is 1. The number of carbonyl (C=O) groups excluding carboxylic acids is 2. The van der Waals surface area contributed by atoms with Crippen molar-refractivity contribution in [3.05, 3.63) is 72.1 Å². The molecule has 1 aromatic carbocycles. The van der Waals surface area contributed by atoms with E-state index in [1.165, 1.54) is 6.92 Å². The van der Waals surface area contributed by atoms with Crippen LogP contribution in [0.1, 0.15) is 27.8 Å². The van der Waals surface area contributed by atoms with Crippen molar-refractivity contribution in [2.75, 3.05) is 5.32 Å². The van der Waals surface area contributed by atoms with Gasteiger partial charge >= 0.3 is 0 Å². The molecule has 0 atom stereocenters. The molecule has 0 aliphatic carbocycles. The molecule has 0 aliphatic heterocycles. The second-order valence-corrected chi connectivity index (χ2v) is 4.78. The SMILES string of the molecule is CC(=O)c1cc(C(=O)Nc2ccccc2)c2ccccn12. The van der Waals surface area contributed by atoms with Gasteiger partial charge < -0.3 is 9.72 Å². The van der Waals surface area contributed by atoms with Gasteiger partial charge in [-0.1, -0.05) is 24.3 Å². The standard InChI is InChI=1S/C17H14N2O2/c1-12(20)16-11-14(15-9-5-6-10-19(15)16)17(21)18-13-7-3-2-4-8-13/h2-11H,1H3,(H,18,21). The molecule has 4 nitrogen and oxygen atoms in total. The molecule has 4 heteroatoms. The summed E-state index contributed by atoms with van der Waals surface area (Å²) in [5.41, 5.74) is 2.44. The Morgan fingerprint density at radius 2 is 1.71 bits per heavy atom. The van der Waals surface area contributed by atoms with E-state index in [4.69, 9.17) is 0 Å². The molecule has 3 aromatic rings. The molecule has 1 N–H and O–H groups in total. The minimum atomic E-state index is -0.225. The first-order valence-electron chi connectivity index (χ1n) is 6.64. The van der Waals surface area contributed by atoms with E-state index in [0.29, 0.717) is 11.3 Å². The second kappa shape index (κ2) is 5.25. The first kappa shape index (κ1) is 13.1. The van der Waals surface area contributed by atoms with Crippen LogP contribution in [0.4, 0.5) is 5.69 Å². The van der Waals surface area contributed by atoms with Gasteiger partial charge in [-0.05, 0) is 30.3 Å². The first-order chi connectivity index (χ1) is 10.2. The van der Waals surface area contributed by atoms with Crippen LogP contribution in [0, 0.1) is 0 Å². The molecule has 2 heterocycles. The monoisotopic (exact) mass is 278 g/mol. The van der Waals surface area contributed by atoms with Crippen molar-refractivity contribution in [2.24, 2.45) is 0 Å². The predicted octanol–water partition coefficient (Wildman–Crippen LogP) is 3.39.